The van der Waals surface area contributed by atoms with E-state index in [2.05, 4.69) is 34.1 Å². The van der Waals surface area contributed by atoms with E-state index in [4.69, 9.17) is 5.73 Å². The summed E-state index contributed by atoms with van der Waals surface area (Å²) >= 11 is 1.54. The average Bonchev–Trinajstić information content (AvgIpc) is 3.13. The van der Waals surface area contributed by atoms with Gasteiger partial charge in [0.2, 0.25) is 0 Å². The summed E-state index contributed by atoms with van der Waals surface area (Å²) in [5, 5.41) is 2.85. The first-order valence-electron chi connectivity index (χ1n) is 8.33. The summed E-state index contributed by atoms with van der Waals surface area (Å²) in [5.41, 5.74) is 8.89. The van der Waals surface area contributed by atoms with Crippen molar-refractivity contribution in [1.29, 1.82) is 0 Å². The average molecular weight is 364 g/mol. The highest BCUT2D eigenvalue weighted by Gasteiger charge is 2.41. The Morgan fingerprint density at radius 2 is 2.08 bits per heavy atom. The Labute approximate surface area is 152 Å². The van der Waals surface area contributed by atoms with Gasteiger partial charge in [-0.2, -0.15) is 0 Å². The van der Waals surface area contributed by atoms with Gasteiger partial charge in [-0.3, -0.25) is 4.79 Å². The summed E-state index contributed by atoms with van der Waals surface area (Å²) in [6.45, 7) is 0.573. The van der Waals surface area contributed by atoms with E-state index in [-0.39, 0.29) is 24.4 Å². The molecule has 1 fully saturated rings. The Hall–Kier alpha value is -1.43. The first kappa shape index (κ1) is 17.4. The SMILES string of the molecule is Cl.NCCc1nc(C(=O)N(C2CC2)C2CCc3ccccc32)cs1. The van der Waals surface area contributed by atoms with Crippen LogP contribution >= 0.6 is 23.7 Å². The molecule has 0 aliphatic heterocycles. The van der Waals surface area contributed by atoms with Crippen LogP contribution in [0, 0.1) is 0 Å². The van der Waals surface area contributed by atoms with Gasteiger partial charge in [0.1, 0.15) is 5.69 Å². The number of carbonyl (C=O) groups excluding carboxylic acids is 1. The number of benzene rings is 1. The van der Waals surface area contributed by atoms with Crippen LogP contribution in [-0.4, -0.2) is 28.4 Å². The monoisotopic (exact) mass is 363 g/mol. The molecule has 1 atom stereocenters. The second-order valence-electron chi connectivity index (χ2n) is 6.36. The van der Waals surface area contributed by atoms with E-state index in [1.807, 2.05) is 5.38 Å². The van der Waals surface area contributed by atoms with Gasteiger partial charge < -0.3 is 10.6 Å². The molecule has 1 aromatic carbocycles. The second kappa shape index (κ2) is 7.21. The van der Waals surface area contributed by atoms with E-state index in [0.29, 0.717) is 18.3 Å². The van der Waals surface area contributed by atoms with Gasteiger partial charge in [0.25, 0.3) is 5.91 Å². The molecule has 0 radical (unpaired) electrons. The van der Waals surface area contributed by atoms with Crippen LogP contribution in [0.2, 0.25) is 0 Å². The highest BCUT2D eigenvalue weighted by molar-refractivity contribution is 7.09. The Kier molecular flexibility index (Phi) is 5.23. The molecule has 2 N–H and O–H groups in total. The highest BCUT2D eigenvalue weighted by atomic mass is 35.5. The van der Waals surface area contributed by atoms with Gasteiger partial charge in [-0.1, -0.05) is 24.3 Å². The summed E-state index contributed by atoms with van der Waals surface area (Å²) in [6, 6.07) is 9.13. The van der Waals surface area contributed by atoms with Crippen LogP contribution in [0.25, 0.3) is 0 Å². The zero-order chi connectivity index (χ0) is 15.8. The van der Waals surface area contributed by atoms with Crippen molar-refractivity contribution in [1.82, 2.24) is 9.88 Å². The maximum absolute atomic E-state index is 13.1. The number of hydrogen-bond donors (Lipinski definition) is 1. The van der Waals surface area contributed by atoms with E-state index in [1.54, 1.807) is 11.3 Å². The molecule has 4 nitrogen and oxygen atoms in total. The number of amides is 1. The smallest absolute Gasteiger partial charge is 0.274 e. The molecule has 1 amide bonds. The molecule has 128 valence electrons. The lowest BCUT2D eigenvalue weighted by atomic mass is 10.1. The van der Waals surface area contributed by atoms with Gasteiger partial charge in [-0.05, 0) is 43.4 Å². The van der Waals surface area contributed by atoms with Crippen molar-refractivity contribution in [2.45, 2.75) is 44.2 Å². The summed E-state index contributed by atoms with van der Waals surface area (Å²) in [5.74, 6) is 0.0914. The lowest BCUT2D eigenvalue weighted by Crippen LogP contribution is -2.36. The summed E-state index contributed by atoms with van der Waals surface area (Å²) in [6.07, 6.45) is 5.07. The Bertz CT molecular complexity index is 729. The number of aromatic nitrogens is 1. The molecule has 0 spiro atoms. The van der Waals surface area contributed by atoms with E-state index in [0.717, 1.165) is 37.1 Å². The molecular weight excluding hydrogens is 342 g/mol. The maximum Gasteiger partial charge on any atom is 0.274 e. The van der Waals surface area contributed by atoms with Crippen LogP contribution in [0.15, 0.2) is 29.6 Å². The second-order valence-corrected chi connectivity index (χ2v) is 7.30. The third-order valence-electron chi connectivity index (χ3n) is 4.74. The number of rotatable bonds is 5. The van der Waals surface area contributed by atoms with E-state index in [9.17, 15) is 4.79 Å². The molecule has 24 heavy (non-hydrogen) atoms. The molecule has 1 aromatic heterocycles. The van der Waals surface area contributed by atoms with E-state index in [1.165, 1.54) is 11.1 Å². The number of carbonyl (C=O) groups is 1. The lowest BCUT2D eigenvalue weighted by Gasteiger charge is -2.29. The zero-order valence-electron chi connectivity index (χ0n) is 13.5. The number of fused-ring (bicyclic) bond motifs is 1. The van der Waals surface area contributed by atoms with Crippen LogP contribution in [0.1, 0.15) is 51.9 Å². The normalized spacial score (nSPS) is 18.8. The van der Waals surface area contributed by atoms with Crippen molar-refractivity contribution in [3.05, 3.63) is 51.5 Å². The molecular formula is C18H22ClN3OS. The van der Waals surface area contributed by atoms with Gasteiger partial charge in [0, 0.05) is 17.8 Å². The van der Waals surface area contributed by atoms with Crippen molar-refractivity contribution in [2.24, 2.45) is 5.73 Å². The molecule has 0 saturated heterocycles. The Balaban J connectivity index is 0.00000169. The third kappa shape index (κ3) is 3.21. The minimum atomic E-state index is 0. The molecule has 1 unspecified atom stereocenters. The number of nitrogens with two attached hydrogens (primary N) is 1. The number of halogens is 1. The van der Waals surface area contributed by atoms with Crippen LogP contribution < -0.4 is 5.73 Å². The molecule has 1 heterocycles. The van der Waals surface area contributed by atoms with Crippen molar-refractivity contribution >= 4 is 29.7 Å². The topological polar surface area (TPSA) is 59.2 Å². The van der Waals surface area contributed by atoms with Gasteiger partial charge >= 0.3 is 0 Å². The molecule has 2 aliphatic rings. The standard InChI is InChI=1S/C18H21N3OS.ClH/c19-10-9-17-20-15(11-23-17)18(22)21(13-6-7-13)16-8-5-12-3-1-2-4-14(12)16;/h1-4,11,13,16H,5-10,19H2;1H. The number of hydrogen-bond acceptors (Lipinski definition) is 4. The number of aryl methyl sites for hydroxylation is 1. The van der Waals surface area contributed by atoms with Crippen molar-refractivity contribution in [3.63, 3.8) is 0 Å². The summed E-state index contributed by atoms with van der Waals surface area (Å²) < 4.78 is 0. The van der Waals surface area contributed by atoms with Crippen molar-refractivity contribution in [2.75, 3.05) is 6.54 Å². The largest absolute Gasteiger partial charge is 0.330 e. The number of nitrogens with zero attached hydrogens (tertiary/aromatic N) is 2. The van der Waals surface area contributed by atoms with Crippen LogP contribution in [0.4, 0.5) is 0 Å². The predicted molar refractivity (Wildman–Crippen MR) is 98.8 cm³/mol. The van der Waals surface area contributed by atoms with Crippen molar-refractivity contribution in [3.8, 4) is 0 Å². The van der Waals surface area contributed by atoms with E-state index < -0.39 is 0 Å². The Morgan fingerprint density at radius 3 is 2.83 bits per heavy atom. The quantitative estimate of drug-likeness (QED) is 0.886. The fraction of sp³-hybridized carbons (Fsp3) is 0.444. The fourth-order valence-electron chi connectivity index (χ4n) is 3.52. The molecule has 6 heteroatoms. The lowest BCUT2D eigenvalue weighted by molar-refractivity contribution is 0.0652. The van der Waals surface area contributed by atoms with Gasteiger partial charge in [0.05, 0.1) is 11.0 Å². The highest BCUT2D eigenvalue weighted by Crippen LogP contribution is 2.42. The maximum atomic E-state index is 13.1. The molecule has 0 bridgehead atoms. The zero-order valence-corrected chi connectivity index (χ0v) is 15.1. The Morgan fingerprint density at radius 1 is 1.29 bits per heavy atom. The van der Waals surface area contributed by atoms with Crippen LogP contribution in [0.3, 0.4) is 0 Å². The first-order chi connectivity index (χ1) is 11.3. The minimum Gasteiger partial charge on any atom is -0.330 e. The number of thiazole rings is 1. The summed E-state index contributed by atoms with van der Waals surface area (Å²) in [4.78, 5) is 19.7. The summed E-state index contributed by atoms with van der Waals surface area (Å²) in [7, 11) is 0. The predicted octanol–water partition coefficient (Wildman–Crippen LogP) is 3.36. The third-order valence-corrected chi connectivity index (χ3v) is 5.65. The van der Waals surface area contributed by atoms with Gasteiger partial charge in [-0.15, -0.1) is 23.7 Å². The van der Waals surface area contributed by atoms with Crippen LogP contribution in [0.5, 0.6) is 0 Å². The van der Waals surface area contributed by atoms with Gasteiger partial charge in [-0.25, -0.2) is 4.98 Å². The molecule has 2 aromatic rings. The molecule has 1 saturated carbocycles. The fourth-order valence-corrected chi connectivity index (χ4v) is 4.31. The minimum absolute atomic E-state index is 0. The van der Waals surface area contributed by atoms with Crippen molar-refractivity contribution < 1.29 is 4.79 Å². The van der Waals surface area contributed by atoms with Gasteiger partial charge in [0.15, 0.2) is 0 Å². The first-order valence-corrected chi connectivity index (χ1v) is 9.21. The van der Waals surface area contributed by atoms with Crippen LogP contribution in [-0.2, 0) is 12.8 Å². The molecule has 2 aliphatic carbocycles. The van der Waals surface area contributed by atoms with E-state index >= 15 is 0 Å². The molecule has 4 rings (SSSR count).